The molecule has 36 heavy (non-hydrogen) atoms. The molecule has 5 rings (SSSR count). The van der Waals surface area contributed by atoms with Gasteiger partial charge in [0.1, 0.15) is 0 Å². The second kappa shape index (κ2) is 10.3. The largest absolute Gasteiger partial charge is 0.379 e. The standard InChI is InChI=1S/C26H29N5O4S/c1-20-2-4-21(5-3-20)24-10-11-25(28-27-24)29-12-14-30(15-13-29)26(32)22-6-8-23(9-7-22)36(33,34)31-16-18-35-19-17-31/h2-11H,12-19H2,1H3. The van der Waals surface area contributed by atoms with E-state index < -0.39 is 10.0 Å². The molecule has 1 amide bonds. The molecule has 2 aliphatic heterocycles. The van der Waals surface area contributed by atoms with Gasteiger partial charge in [-0.2, -0.15) is 4.31 Å². The van der Waals surface area contributed by atoms with Gasteiger partial charge in [0.05, 0.1) is 23.8 Å². The molecule has 0 spiro atoms. The van der Waals surface area contributed by atoms with Crippen LogP contribution in [0.25, 0.3) is 11.3 Å². The molecule has 2 saturated heterocycles. The van der Waals surface area contributed by atoms with Gasteiger partial charge < -0.3 is 14.5 Å². The zero-order valence-corrected chi connectivity index (χ0v) is 21.0. The molecule has 2 aliphatic rings. The molecule has 2 aromatic carbocycles. The zero-order chi connectivity index (χ0) is 25.1. The number of ether oxygens (including phenoxy) is 1. The Labute approximate surface area is 211 Å². The van der Waals surface area contributed by atoms with E-state index in [0.29, 0.717) is 58.0 Å². The first kappa shape index (κ1) is 24.4. The van der Waals surface area contributed by atoms with Gasteiger partial charge in [-0.05, 0) is 43.3 Å². The maximum absolute atomic E-state index is 13.0. The van der Waals surface area contributed by atoms with Crippen molar-refractivity contribution in [3.8, 4) is 11.3 Å². The molecule has 0 atom stereocenters. The highest BCUT2D eigenvalue weighted by Crippen LogP contribution is 2.21. The number of rotatable bonds is 5. The lowest BCUT2D eigenvalue weighted by molar-refractivity contribution is 0.0730. The van der Waals surface area contributed by atoms with Crippen LogP contribution in [0.1, 0.15) is 15.9 Å². The average molecular weight is 508 g/mol. The van der Waals surface area contributed by atoms with E-state index in [2.05, 4.69) is 34.2 Å². The van der Waals surface area contributed by atoms with E-state index in [0.717, 1.165) is 17.1 Å². The van der Waals surface area contributed by atoms with Crippen molar-refractivity contribution < 1.29 is 17.9 Å². The summed E-state index contributed by atoms with van der Waals surface area (Å²) in [6.45, 7) is 5.91. The number of aromatic nitrogens is 2. The number of hydrogen-bond acceptors (Lipinski definition) is 7. The number of carbonyl (C=O) groups is 1. The number of carbonyl (C=O) groups excluding carboxylic acids is 1. The van der Waals surface area contributed by atoms with Crippen LogP contribution in [0.2, 0.25) is 0 Å². The minimum atomic E-state index is -3.58. The Balaban J connectivity index is 1.19. The van der Waals surface area contributed by atoms with Crippen molar-refractivity contribution in [2.75, 3.05) is 57.4 Å². The normalized spacial score (nSPS) is 17.2. The second-order valence-corrected chi connectivity index (χ2v) is 10.9. The van der Waals surface area contributed by atoms with Crippen LogP contribution in [0.3, 0.4) is 0 Å². The van der Waals surface area contributed by atoms with Crippen LogP contribution in [0.15, 0.2) is 65.6 Å². The summed E-state index contributed by atoms with van der Waals surface area (Å²) in [6, 6.07) is 18.3. The van der Waals surface area contributed by atoms with E-state index in [1.165, 1.54) is 22.0 Å². The molecular weight excluding hydrogens is 478 g/mol. The number of hydrogen-bond donors (Lipinski definition) is 0. The van der Waals surface area contributed by atoms with Crippen molar-refractivity contribution in [2.45, 2.75) is 11.8 Å². The number of sulfonamides is 1. The highest BCUT2D eigenvalue weighted by Gasteiger charge is 2.27. The average Bonchev–Trinajstić information content (AvgIpc) is 2.94. The molecule has 0 radical (unpaired) electrons. The molecular formula is C26H29N5O4S. The van der Waals surface area contributed by atoms with Gasteiger partial charge in [-0.1, -0.05) is 29.8 Å². The lowest BCUT2D eigenvalue weighted by Gasteiger charge is -2.35. The van der Waals surface area contributed by atoms with Gasteiger partial charge in [-0.15, -0.1) is 10.2 Å². The fourth-order valence-electron chi connectivity index (χ4n) is 4.40. The van der Waals surface area contributed by atoms with Crippen LogP contribution in [-0.4, -0.2) is 86.2 Å². The third-order valence-electron chi connectivity index (χ3n) is 6.60. The van der Waals surface area contributed by atoms with Crippen LogP contribution in [0.4, 0.5) is 5.82 Å². The summed E-state index contributed by atoms with van der Waals surface area (Å²) in [5.41, 5.74) is 3.53. The van der Waals surface area contributed by atoms with E-state index in [1.54, 1.807) is 17.0 Å². The number of benzene rings is 2. The van der Waals surface area contributed by atoms with Gasteiger partial charge in [-0.3, -0.25) is 4.79 Å². The van der Waals surface area contributed by atoms with Crippen molar-refractivity contribution in [3.05, 3.63) is 71.8 Å². The third kappa shape index (κ3) is 5.11. The first-order valence-electron chi connectivity index (χ1n) is 12.0. The fourth-order valence-corrected chi connectivity index (χ4v) is 5.81. The Morgan fingerprint density at radius 1 is 0.806 bits per heavy atom. The van der Waals surface area contributed by atoms with Gasteiger partial charge in [0.25, 0.3) is 5.91 Å². The summed E-state index contributed by atoms with van der Waals surface area (Å²) in [4.78, 5) is 17.1. The van der Waals surface area contributed by atoms with Crippen molar-refractivity contribution >= 4 is 21.7 Å². The van der Waals surface area contributed by atoms with Crippen LogP contribution in [-0.2, 0) is 14.8 Å². The first-order valence-corrected chi connectivity index (χ1v) is 13.5. The summed E-state index contributed by atoms with van der Waals surface area (Å²) in [7, 11) is -3.58. The molecule has 0 N–H and O–H groups in total. The van der Waals surface area contributed by atoms with E-state index in [-0.39, 0.29) is 10.8 Å². The van der Waals surface area contributed by atoms with Crippen LogP contribution >= 0.6 is 0 Å². The highest BCUT2D eigenvalue weighted by molar-refractivity contribution is 7.89. The number of piperazine rings is 1. The first-order chi connectivity index (χ1) is 17.4. The summed E-state index contributed by atoms with van der Waals surface area (Å²) in [6.07, 6.45) is 0. The Bertz CT molecular complexity index is 1300. The molecule has 2 fully saturated rings. The van der Waals surface area contributed by atoms with Gasteiger partial charge in [0, 0.05) is 50.4 Å². The molecule has 3 heterocycles. The maximum atomic E-state index is 13.0. The Morgan fingerprint density at radius 3 is 2.08 bits per heavy atom. The van der Waals surface area contributed by atoms with Crippen molar-refractivity contribution in [1.82, 2.24) is 19.4 Å². The van der Waals surface area contributed by atoms with Crippen LogP contribution in [0.5, 0.6) is 0 Å². The van der Waals surface area contributed by atoms with Crippen molar-refractivity contribution in [1.29, 1.82) is 0 Å². The molecule has 0 unspecified atom stereocenters. The maximum Gasteiger partial charge on any atom is 0.253 e. The number of morpholine rings is 1. The van der Waals surface area contributed by atoms with E-state index >= 15 is 0 Å². The minimum Gasteiger partial charge on any atom is -0.379 e. The lowest BCUT2D eigenvalue weighted by atomic mass is 10.1. The number of amides is 1. The van der Waals surface area contributed by atoms with Gasteiger partial charge in [-0.25, -0.2) is 8.42 Å². The highest BCUT2D eigenvalue weighted by atomic mass is 32.2. The van der Waals surface area contributed by atoms with Gasteiger partial charge in [0.15, 0.2) is 5.82 Å². The molecule has 188 valence electrons. The predicted molar refractivity (Wildman–Crippen MR) is 136 cm³/mol. The van der Waals surface area contributed by atoms with E-state index in [4.69, 9.17) is 4.74 Å². The quantitative estimate of drug-likeness (QED) is 0.523. The van der Waals surface area contributed by atoms with E-state index in [9.17, 15) is 13.2 Å². The summed E-state index contributed by atoms with van der Waals surface area (Å²) >= 11 is 0. The van der Waals surface area contributed by atoms with Crippen molar-refractivity contribution in [2.24, 2.45) is 0 Å². The Hall–Kier alpha value is -3.34. The minimum absolute atomic E-state index is 0.106. The number of aryl methyl sites for hydroxylation is 1. The topological polar surface area (TPSA) is 95.9 Å². The van der Waals surface area contributed by atoms with E-state index in [1.807, 2.05) is 24.3 Å². The second-order valence-electron chi connectivity index (χ2n) is 8.96. The van der Waals surface area contributed by atoms with Crippen LogP contribution < -0.4 is 4.90 Å². The van der Waals surface area contributed by atoms with Crippen molar-refractivity contribution in [3.63, 3.8) is 0 Å². The number of nitrogens with zero attached hydrogens (tertiary/aromatic N) is 5. The molecule has 10 heteroatoms. The Kier molecular flexibility index (Phi) is 6.99. The monoisotopic (exact) mass is 507 g/mol. The summed E-state index contributed by atoms with van der Waals surface area (Å²) in [5.74, 6) is 0.682. The Morgan fingerprint density at radius 2 is 1.47 bits per heavy atom. The predicted octanol–water partition coefficient (Wildman–Crippen LogP) is 2.44. The zero-order valence-electron chi connectivity index (χ0n) is 20.2. The van der Waals surface area contributed by atoms with Gasteiger partial charge in [0.2, 0.25) is 10.0 Å². The third-order valence-corrected chi connectivity index (χ3v) is 8.51. The molecule has 1 aromatic heterocycles. The summed E-state index contributed by atoms with van der Waals surface area (Å²) in [5, 5.41) is 8.79. The lowest BCUT2D eigenvalue weighted by Crippen LogP contribution is -2.49. The number of anilines is 1. The molecule has 3 aromatic rings. The molecule has 0 aliphatic carbocycles. The molecule has 0 saturated carbocycles. The van der Waals surface area contributed by atoms with Gasteiger partial charge >= 0.3 is 0 Å². The fraction of sp³-hybridized carbons (Fsp3) is 0.346. The smallest absolute Gasteiger partial charge is 0.253 e. The molecule has 9 nitrogen and oxygen atoms in total. The molecule has 0 bridgehead atoms. The van der Waals surface area contributed by atoms with Crippen LogP contribution in [0, 0.1) is 6.92 Å². The SMILES string of the molecule is Cc1ccc(-c2ccc(N3CCN(C(=O)c4ccc(S(=O)(=O)N5CCOCC5)cc4)CC3)nn2)cc1. The summed E-state index contributed by atoms with van der Waals surface area (Å²) < 4.78 is 32.3.